The molecule has 0 aliphatic carbocycles. The number of carbonyl (C=O) groups excluding carboxylic acids is 1. The van der Waals surface area contributed by atoms with Crippen LogP contribution in [0.2, 0.25) is 0 Å². The van der Waals surface area contributed by atoms with Gasteiger partial charge in [-0.2, -0.15) is 8.78 Å². The van der Waals surface area contributed by atoms with Gasteiger partial charge in [-0.15, -0.1) is 11.6 Å². The second-order valence-electron chi connectivity index (χ2n) is 3.41. The molecule has 0 saturated heterocycles. The van der Waals surface area contributed by atoms with Crippen molar-refractivity contribution in [1.29, 1.82) is 0 Å². The van der Waals surface area contributed by atoms with Gasteiger partial charge in [0.2, 0.25) is 0 Å². The molecule has 1 unspecified atom stereocenters. The fraction of sp³-hybridized carbons (Fsp3) is 0.300. The molecule has 1 N–H and O–H groups in total. The van der Waals surface area contributed by atoms with E-state index in [1.165, 1.54) is 12.1 Å². The maximum absolute atomic E-state index is 13.5. The van der Waals surface area contributed by atoms with Gasteiger partial charge in [0.25, 0.3) is 5.91 Å². The van der Waals surface area contributed by atoms with Crippen molar-refractivity contribution in [3.63, 3.8) is 0 Å². The molecule has 80 valence electrons. The van der Waals surface area contributed by atoms with Gasteiger partial charge in [0, 0.05) is 0 Å². The van der Waals surface area contributed by atoms with Crippen molar-refractivity contribution in [3.8, 4) is 0 Å². The highest BCUT2D eigenvalue weighted by molar-refractivity contribution is 6.21. The maximum Gasteiger partial charge on any atom is 0.352 e. The monoisotopic (exact) mass is 231 g/mol. The van der Waals surface area contributed by atoms with Gasteiger partial charge < -0.3 is 5.32 Å². The molecule has 0 fully saturated rings. The Morgan fingerprint density at radius 3 is 2.73 bits per heavy atom. The van der Waals surface area contributed by atoms with Crippen LogP contribution in [0.5, 0.6) is 0 Å². The van der Waals surface area contributed by atoms with Crippen molar-refractivity contribution >= 4 is 23.2 Å². The summed E-state index contributed by atoms with van der Waals surface area (Å²) in [5.74, 6) is -4.77. The number of halogens is 3. The van der Waals surface area contributed by atoms with Crippen LogP contribution in [0.4, 0.5) is 14.5 Å². The minimum Gasteiger partial charge on any atom is -0.320 e. The number of hydrogen-bond donors (Lipinski definition) is 1. The lowest BCUT2D eigenvalue weighted by Crippen LogP contribution is -2.24. The van der Waals surface area contributed by atoms with E-state index in [-0.39, 0.29) is 16.8 Å². The van der Waals surface area contributed by atoms with E-state index in [4.69, 9.17) is 11.6 Å². The molecule has 5 heteroatoms. The number of fused-ring (bicyclic) bond motifs is 1. The largest absolute Gasteiger partial charge is 0.352 e. The van der Waals surface area contributed by atoms with Crippen molar-refractivity contribution in [2.75, 3.05) is 5.32 Å². The van der Waals surface area contributed by atoms with Crippen molar-refractivity contribution in [2.45, 2.75) is 18.2 Å². The van der Waals surface area contributed by atoms with Crippen LogP contribution in [-0.2, 0) is 10.7 Å². The summed E-state index contributed by atoms with van der Waals surface area (Å²) in [6.45, 7) is 1.59. The Morgan fingerprint density at radius 2 is 2.13 bits per heavy atom. The number of benzene rings is 1. The first-order valence-electron chi connectivity index (χ1n) is 4.41. The van der Waals surface area contributed by atoms with E-state index in [0.29, 0.717) is 0 Å². The van der Waals surface area contributed by atoms with E-state index in [1.807, 2.05) is 0 Å². The molecule has 1 amide bonds. The molecule has 0 bridgehead atoms. The molecule has 0 spiro atoms. The second-order valence-corrected chi connectivity index (χ2v) is 4.07. The second kappa shape index (κ2) is 3.17. The zero-order valence-electron chi connectivity index (χ0n) is 7.85. The number of amides is 1. The highest BCUT2D eigenvalue weighted by Crippen LogP contribution is 2.44. The van der Waals surface area contributed by atoms with Crippen LogP contribution in [0.25, 0.3) is 0 Å². The predicted molar refractivity (Wildman–Crippen MR) is 53.2 cm³/mol. The summed E-state index contributed by atoms with van der Waals surface area (Å²) >= 11 is 5.79. The van der Waals surface area contributed by atoms with E-state index in [9.17, 15) is 13.6 Å². The Labute approximate surface area is 90.2 Å². The molecular weight excluding hydrogens is 224 g/mol. The molecule has 1 aromatic rings. The fourth-order valence-corrected chi connectivity index (χ4v) is 1.85. The molecular formula is C10H8ClF2NO. The third-order valence-electron chi connectivity index (χ3n) is 2.37. The lowest BCUT2D eigenvalue weighted by molar-refractivity contribution is -0.139. The summed E-state index contributed by atoms with van der Waals surface area (Å²) < 4.78 is 27.0. The molecule has 2 nitrogen and oxygen atoms in total. The van der Waals surface area contributed by atoms with Gasteiger partial charge in [0.1, 0.15) is 0 Å². The smallest absolute Gasteiger partial charge is 0.320 e. The predicted octanol–water partition coefficient (Wildman–Crippen LogP) is 3.03. The molecule has 1 aliphatic heterocycles. The van der Waals surface area contributed by atoms with Crippen LogP contribution in [0.1, 0.15) is 23.4 Å². The average molecular weight is 232 g/mol. The summed E-state index contributed by atoms with van der Waals surface area (Å²) in [5.41, 5.74) is 0.144. The molecule has 0 aromatic heterocycles. The van der Waals surface area contributed by atoms with Crippen molar-refractivity contribution in [3.05, 3.63) is 29.3 Å². The Balaban J connectivity index is 2.67. The first kappa shape index (κ1) is 10.4. The fourth-order valence-electron chi connectivity index (χ4n) is 1.67. The van der Waals surface area contributed by atoms with E-state index in [2.05, 4.69) is 5.32 Å². The highest BCUT2D eigenvalue weighted by atomic mass is 35.5. The Morgan fingerprint density at radius 1 is 1.47 bits per heavy atom. The molecule has 0 radical (unpaired) electrons. The van der Waals surface area contributed by atoms with E-state index >= 15 is 0 Å². The number of anilines is 1. The number of hydrogen-bond acceptors (Lipinski definition) is 1. The van der Waals surface area contributed by atoms with Crippen molar-refractivity contribution in [2.24, 2.45) is 0 Å². The first-order valence-corrected chi connectivity index (χ1v) is 4.85. The minimum atomic E-state index is -3.48. The number of alkyl halides is 3. The third kappa shape index (κ3) is 1.40. The van der Waals surface area contributed by atoms with Gasteiger partial charge in [-0.3, -0.25) is 4.79 Å². The third-order valence-corrected chi connectivity index (χ3v) is 2.61. The lowest BCUT2D eigenvalue weighted by atomic mass is 10.00. The highest BCUT2D eigenvalue weighted by Gasteiger charge is 2.50. The van der Waals surface area contributed by atoms with Crippen molar-refractivity contribution < 1.29 is 13.6 Å². The van der Waals surface area contributed by atoms with Crippen LogP contribution in [-0.4, -0.2) is 5.91 Å². The molecule has 1 atom stereocenters. The van der Waals surface area contributed by atoms with Crippen molar-refractivity contribution in [1.82, 2.24) is 0 Å². The molecule has 0 saturated carbocycles. The van der Waals surface area contributed by atoms with Gasteiger partial charge >= 0.3 is 5.92 Å². The molecule has 1 aromatic carbocycles. The molecule has 15 heavy (non-hydrogen) atoms. The van der Waals surface area contributed by atoms with Gasteiger partial charge in [0.05, 0.1) is 16.6 Å². The number of carbonyl (C=O) groups is 1. The average Bonchev–Trinajstić information content (AvgIpc) is 2.38. The van der Waals surface area contributed by atoms with Gasteiger partial charge in [-0.05, 0) is 18.6 Å². The zero-order valence-corrected chi connectivity index (χ0v) is 8.61. The quantitative estimate of drug-likeness (QED) is 0.740. The minimum absolute atomic E-state index is 0.148. The standard InChI is InChI=1S/C10H8ClF2NO/c1-5(11)6-3-2-4-7-8(6)10(12,13)9(15)14-7/h2-5H,1H3,(H,14,15). The summed E-state index contributed by atoms with van der Waals surface area (Å²) in [5, 5.41) is 1.58. The number of rotatable bonds is 1. The molecule has 1 heterocycles. The number of nitrogens with one attached hydrogen (secondary N) is 1. The van der Waals surface area contributed by atoms with Crippen LogP contribution < -0.4 is 5.32 Å². The first-order chi connectivity index (χ1) is 6.94. The van der Waals surface area contributed by atoms with E-state index < -0.39 is 17.2 Å². The Kier molecular flexibility index (Phi) is 2.19. The maximum atomic E-state index is 13.5. The van der Waals surface area contributed by atoms with E-state index in [0.717, 1.165) is 0 Å². The molecule has 1 aliphatic rings. The molecule has 2 rings (SSSR count). The van der Waals surface area contributed by atoms with Gasteiger partial charge in [0.15, 0.2) is 0 Å². The Bertz CT molecular complexity index is 431. The summed E-state index contributed by atoms with van der Waals surface area (Å²) in [7, 11) is 0. The summed E-state index contributed by atoms with van der Waals surface area (Å²) in [6.07, 6.45) is 0. The normalized spacial score (nSPS) is 19.6. The summed E-state index contributed by atoms with van der Waals surface area (Å²) in [6, 6.07) is 4.54. The SMILES string of the molecule is CC(Cl)c1cccc2c1C(F)(F)C(=O)N2. The Hall–Kier alpha value is -1.16. The lowest BCUT2D eigenvalue weighted by Gasteiger charge is -2.13. The van der Waals surface area contributed by atoms with Gasteiger partial charge in [-0.25, -0.2) is 0 Å². The van der Waals surface area contributed by atoms with Gasteiger partial charge in [-0.1, -0.05) is 12.1 Å². The topological polar surface area (TPSA) is 29.1 Å². The van der Waals surface area contributed by atoms with Crippen LogP contribution >= 0.6 is 11.6 Å². The van der Waals surface area contributed by atoms with Crippen LogP contribution in [0.3, 0.4) is 0 Å². The van der Waals surface area contributed by atoms with Crippen LogP contribution in [0.15, 0.2) is 18.2 Å². The van der Waals surface area contributed by atoms with Crippen LogP contribution in [0, 0.1) is 0 Å². The summed E-state index contributed by atoms with van der Waals surface area (Å²) in [4.78, 5) is 11.0. The van der Waals surface area contributed by atoms with E-state index in [1.54, 1.807) is 13.0 Å². The zero-order chi connectivity index (χ0) is 11.2.